The predicted molar refractivity (Wildman–Crippen MR) is 81.2 cm³/mol. The van der Waals surface area contributed by atoms with Crippen molar-refractivity contribution in [2.75, 3.05) is 6.61 Å². The van der Waals surface area contributed by atoms with Crippen LogP contribution in [-0.4, -0.2) is 23.3 Å². The lowest BCUT2D eigenvalue weighted by molar-refractivity contribution is -0.146. The van der Waals surface area contributed by atoms with Gasteiger partial charge in [-0.3, -0.25) is 4.79 Å². The van der Waals surface area contributed by atoms with E-state index in [0.717, 1.165) is 24.8 Å². The molecule has 0 spiro atoms. The van der Waals surface area contributed by atoms with Gasteiger partial charge in [0, 0.05) is 12.3 Å². The average molecular weight is 280 g/mol. The van der Waals surface area contributed by atoms with Crippen LogP contribution >= 0.6 is 0 Å². The Morgan fingerprint density at radius 1 is 1.50 bits per heavy atom. The number of hydrogen-bond donors (Lipinski definition) is 1. The largest absolute Gasteiger partial charge is 0.465 e. The van der Waals surface area contributed by atoms with Crippen LogP contribution in [0.5, 0.6) is 0 Å². The number of carbonyl (C=O) groups is 1. The highest BCUT2D eigenvalue weighted by molar-refractivity contribution is 5.66. The van der Waals surface area contributed by atoms with Crippen LogP contribution in [0.1, 0.15) is 47.0 Å². The molecule has 1 N–H and O–H groups in total. The Bertz CT molecular complexity index is 392. The predicted octanol–water partition coefficient (Wildman–Crippen LogP) is 3.49. The van der Waals surface area contributed by atoms with Gasteiger partial charge in [-0.05, 0) is 51.9 Å². The fraction of sp³-hybridized carbons (Fsp3) is 0.706. The maximum Gasteiger partial charge on any atom is 0.302 e. The second kappa shape index (κ2) is 6.13. The first-order chi connectivity index (χ1) is 9.12. The van der Waals surface area contributed by atoms with Crippen molar-refractivity contribution in [3.8, 4) is 0 Å². The van der Waals surface area contributed by atoms with E-state index in [0.29, 0.717) is 6.61 Å². The van der Waals surface area contributed by atoms with Gasteiger partial charge in [0.25, 0.3) is 0 Å². The van der Waals surface area contributed by atoms with Crippen LogP contribution in [0.4, 0.5) is 0 Å². The number of hydrogen-bond acceptors (Lipinski definition) is 3. The van der Waals surface area contributed by atoms with Gasteiger partial charge in [-0.15, -0.1) is 6.58 Å². The molecular weight excluding hydrogens is 252 g/mol. The summed E-state index contributed by atoms with van der Waals surface area (Å²) >= 11 is 0. The van der Waals surface area contributed by atoms with E-state index >= 15 is 0 Å². The van der Waals surface area contributed by atoms with Crippen molar-refractivity contribution >= 4 is 5.97 Å². The molecule has 0 heterocycles. The molecule has 0 bridgehead atoms. The minimum Gasteiger partial charge on any atom is -0.465 e. The molecule has 0 amide bonds. The summed E-state index contributed by atoms with van der Waals surface area (Å²) in [5, 5.41) is 10.3. The first kappa shape index (κ1) is 17.0. The molecule has 20 heavy (non-hydrogen) atoms. The maximum absolute atomic E-state index is 11.1. The first-order valence-electron chi connectivity index (χ1n) is 7.27. The quantitative estimate of drug-likeness (QED) is 0.619. The standard InChI is InChI=1S/C17H28O3/c1-7-17(11-20-13(4)18)9-8-14(16(5,6)19)10-15(17)12(2)3/h7,14-15,19H,1-2,8-11H2,3-6H3/t14-,15+,17-/m1/s1. The Balaban J connectivity index is 2.98. The summed E-state index contributed by atoms with van der Waals surface area (Å²) in [6.07, 6.45) is 4.53. The van der Waals surface area contributed by atoms with Crippen LogP contribution in [0.2, 0.25) is 0 Å². The van der Waals surface area contributed by atoms with E-state index in [-0.39, 0.29) is 23.2 Å². The SMILES string of the molecule is C=C[C@]1(COC(C)=O)CC[C@@H](C(C)(C)O)C[C@H]1C(=C)C. The van der Waals surface area contributed by atoms with E-state index in [1.165, 1.54) is 6.92 Å². The van der Waals surface area contributed by atoms with E-state index in [1.54, 1.807) is 0 Å². The fourth-order valence-electron chi connectivity index (χ4n) is 3.30. The molecule has 0 unspecified atom stereocenters. The zero-order valence-corrected chi connectivity index (χ0v) is 13.2. The summed E-state index contributed by atoms with van der Waals surface area (Å²) in [6.45, 7) is 15.6. The third-order valence-electron chi connectivity index (χ3n) is 4.72. The Morgan fingerprint density at radius 3 is 2.50 bits per heavy atom. The second-order valence-corrected chi connectivity index (χ2v) is 6.74. The summed E-state index contributed by atoms with van der Waals surface area (Å²) in [4.78, 5) is 11.1. The van der Waals surface area contributed by atoms with Crippen LogP contribution in [0.15, 0.2) is 24.8 Å². The highest BCUT2D eigenvalue weighted by Crippen LogP contribution is 2.50. The Kier molecular flexibility index (Phi) is 5.20. The summed E-state index contributed by atoms with van der Waals surface area (Å²) in [7, 11) is 0. The molecule has 0 aromatic rings. The van der Waals surface area contributed by atoms with Crippen LogP contribution in [-0.2, 0) is 9.53 Å². The Labute approximate surface area is 122 Å². The first-order valence-corrected chi connectivity index (χ1v) is 7.27. The van der Waals surface area contributed by atoms with Gasteiger partial charge in [-0.25, -0.2) is 0 Å². The average Bonchev–Trinajstić information content (AvgIpc) is 2.34. The van der Waals surface area contributed by atoms with E-state index in [1.807, 2.05) is 26.8 Å². The Morgan fingerprint density at radius 2 is 2.10 bits per heavy atom. The van der Waals surface area contributed by atoms with Crippen LogP contribution in [0.3, 0.4) is 0 Å². The van der Waals surface area contributed by atoms with Gasteiger partial charge in [0.1, 0.15) is 6.61 Å². The molecule has 0 aliphatic heterocycles. The van der Waals surface area contributed by atoms with Crippen LogP contribution in [0, 0.1) is 17.3 Å². The van der Waals surface area contributed by atoms with E-state index in [9.17, 15) is 9.90 Å². The van der Waals surface area contributed by atoms with Gasteiger partial charge in [0.15, 0.2) is 0 Å². The molecule has 1 rings (SSSR count). The van der Waals surface area contributed by atoms with Gasteiger partial charge < -0.3 is 9.84 Å². The molecule has 3 nitrogen and oxygen atoms in total. The summed E-state index contributed by atoms with van der Waals surface area (Å²) < 4.78 is 5.26. The molecule has 3 heteroatoms. The van der Waals surface area contributed by atoms with Crippen molar-refractivity contribution in [1.82, 2.24) is 0 Å². The van der Waals surface area contributed by atoms with Crippen molar-refractivity contribution in [1.29, 1.82) is 0 Å². The molecule has 114 valence electrons. The molecule has 1 aliphatic rings. The molecule has 0 aromatic carbocycles. The van der Waals surface area contributed by atoms with E-state index in [2.05, 4.69) is 13.2 Å². The minimum absolute atomic E-state index is 0.185. The van der Waals surface area contributed by atoms with Crippen molar-refractivity contribution in [3.05, 3.63) is 24.8 Å². The minimum atomic E-state index is -0.692. The Hall–Kier alpha value is -1.09. The molecule has 1 saturated carbocycles. The van der Waals surface area contributed by atoms with Crippen LogP contribution in [0.25, 0.3) is 0 Å². The molecule has 1 aliphatic carbocycles. The number of ether oxygens (including phenoxy) is 1. The maximum atomic E-state index is 11.1. The zero-order valence-electron chi connectivity index (χ0n) is 13.2. The van der Waals surface area contributed by atoms with Gasteiger partial charge in [-0.1, -0.05) is 18.2 Å². The number of rotatable bonds is 5. The number of carbonyl (C=O) groups excluding carboxylic acids is 1. The fourth-order valence-corrected chi connectivity index (χ4v) is 3.30. The van der Waals surface area contributed by atoms with E-state index < -0.39 is 5.60 Å². The molecule has 0 radical (unpaired) electrons. The lowest BCUT2D eigenvalue weighted by Crippen LogP contribution is -2.45. The van der Waals surface area contributed by atoms with Crippen LogP contribution < -0.4 is 0 Å². The van der Waals surface area contributed by atoms with Gasteiger partial charge in [-0.2, -0.15) is 0 Å². The van der Waals surface area contributed by atoms with Gasteiger partial charge in [0.2, 0.25) is 0 Å². The molecule has 3 atom stereocenters. The normalized spacial score (nSPS) is 30.6. The van der Waals surface area contributed by atoms with Gasteiger partial charge >= 0.3 is 5.97 Å². The van der Waals surface area contributed by atoms with E-state index in [4.69, 9.17) is 4.74 Å². The third kappa shape index (κ3) is 3.72. The van der Waals surface area contributed by atoms with Crippen molar-refractivity contribution < 1.29 is 14.6 Å². The smallest absolute Gasteiger partial charge is 0.302 e. The second-order valence-electron chi connectivity index (χ2n) is 6.74. The van der Waals surface area contributed by atoms with Crippen molar-refractivity contribution in [3.63, 3.8) is 0 Å². The highest BCUT2D eigenvalue weighted by atomic mass is 16.5. The highest BCUT2D eigenvalue weighted by Gasteiger charge is 2.45. The summed E-state index contributed by atoms with van der Waals surface area (Å²) in [6, 6.07) is 0. The molecular formula is C17H28O3. The third-order valence-corrected chi connectivity index (χ3v) is 4.72. The number of esters is 1. The van der Waals surface area contributed by atoms with Gasteiger partial charge in [0.05, 0.1) is 5.60 Å². The summed E-state index contributed by atoms with van der Waals surface area (Å²) in [5.74, 6) is 0.149. The van der Waals surface area contributed by atoms with Crippen molar-refractivity contribution in [2.24, 2.45) is 17.3 Å². The zero-order chi connectivity index (χ0) is 15.6. The summed E-state index contributed by atoms with van der Waals surface area (Å²) in [5.41, 5.74) is 0.118. The van der Waals surface area contributed by atoms with Crippen molar-refractivity contribution in [2.45, 2.75) is 52.6 Å². The topological polar surface area (TPSA) is 46.5 Å². The molecule has 0 saturated heterocycles. The number of allylic oxidation sites excluding steroid dienone is 1. The number of aliphatic hydroxyl groups is 1. The monoisotopic (exact) mass is 280 g/mol. The lowest BCUT2D eigenvalue weighted by atomic mass is 9.59. The molecule has 1 fully saturated rings. The molecule has 0 aromatic heterocycles. The lowest BCUT2D eigenvalue weighted by Gasteiger charge is -2.47.